The van der Waals surface area contributed by atoms with E-state index in [4.69, 9.17) is 0 Å². The molecule has 94 valence electrons. The van der Waals surface area contributed by atoms with Gasteiger partial charge in [0.2, 0.25) is 0 Å². The van der Waals surface area contributed by atoms with Gasteiger partial charge in [-0.3, -0.25) is 0 Å². The largest absolute Gasteiger partial charge is 0.316 e. The second kappa shape index (κ2) is 7.07. The molecule has 0 saturated carbocycles. The maximum Gasteiger partial charge on any atom is 0.0295 e. The normalized spacial score (nSPS) is 22.4. The minimum atomic E-state index is 0.575. The molecule has 1 aromatic rings. The molecule has 17 heavy (non-hydrogen) atoms. The third kappa shape index (κ3) is 3.91. The summed E-state index contributed by atoms with van der Waals surface area (Å²) in [6.45, 7) is 0. The van der Waals surface area contributed by atoms with Crippen molar-refractivity contribution < 1.29 is 0 Å². The third-order valence-electron chi connectivity index (χ3n) is 3.06. The van der Waals surface area contributed by atoms with Crippen LogP contribution in [0.5, 0.6) is 0 Å². The maximum absolute atomic E-state index is 3.64. The van der Waals surface area contributed by atoms with Crippen molar-refractivity contribution in [1.82, 2.24) is 5.32 Å². The lowest BCUT2D eigenvalue weighted by atomic mass is 10.0. The van der Waals surface area contributed by atoms with Crippen LogP contribution in [0.3, 0.4) is 0 Å². The molecule has 1 aliphatic heterocycles. The highest BCUT2D eigenvalue weighted by Gasteiger charge is 2.23. The lowest BCUT2D eigenvalue weighted by Gasteiger charge is -2.29. The van der Waals surface area contributed by atoms with Crippen LogP contribution in [0.2, 0.25) is 0 Å². The third-order valence-corrected chi connectivity index (χ3v) is 6.75. The van der Waals surface area contributed by atoms with Crippen LogP contribution in [0.1, 0.15) is 5.56 Å². The smallest absolute Gasteiger partial charge is 0.0295 e. The SMILES string of the molecule is CNC(Cc1ccccc1Br)C1CSCCS1. The molecule has 0 bridgehead atoms. The fourth-order valence-electron chi connectivity index (χ4n) is 2.06. The van der Waals surface area contributed by atoms with Gasteiger partial charge < -0.3 is 5.32 Å². The van der Waals surface area contributed by atoms with Crippen molar-refractivity contribution in [2.75, 3.05) is 24.3 Å². The van der Waals surface area contributed by atoms with Crippen molar-refractivity contribution >= 4 is 39.5 Å². The maximum atomic E-state index is 3.64. The molecular weight excluding hydrogens is 314 g/mol. The van der Waals surface area contributed by atoms with E-state index in [1.807, 2.05) is 0 Å². The first kappa shape index (κ1) is 13.8. The average molecular weight is 332 g/mol. The van der Waals surface area contributed by atoms with Crippen molar-refractivity contribution in [2.24, 2.45) is 0 Å². The Kier molecular flexibility index (Phi) is 5.74. The van der Waals surface area contributed by atoms with E-state index in [1.54, 1.807) is 0 Å². The van der Waals surface area contributed by atoms with Gasteiger partial charge in [0.15, 0.2) is 0 Å². The van der Waals surface area contributed by atoms with Gasteiger partial charge in [0.25, 0.3) is 0 Å². The predicted octanol–water partition coefficient (Wildman–Crippen LogP) is 3.43. The van der Waals surface area contributed by atoms with Crippen molar-refractivity contribution in [3.05, 3.63) is 34.3 Å². The number of hydrogen-bond donors (Lipinski definition) is 1. The summed E-state index contributed by atoms with van der Waals surface area (Å²) in [6.07, 6.45) is 1.11. The van der Waals surface area contributed by atoms with Crippen LogP contribution in [0.25, 0.3) is 0 Å². The Balaban J connectivity index is 2.01. The number of thioether (sulfide) groups is 2. The molecule has 4 heteroatoms. The molecule has 2 unspecified atom stereocenters. The molecule has 1 aliphatic rings. The summed E-state index contributed by atoms with van der Waals surface area (Å²) in [5.74, 6) is 3.89. The molecule has 1 aromatic carbocycles. The van der Waals surface area contributed by atoms with Gasteiger partial charge in [0, 0.05) is 33.0 Å². The lowest BCUT2D eigenvalue weighted by Crippen LogP contribution is -2.40. The Morgan fingerprint density at radius 3 is 2.88 bits per heavy atom. The Morgan fingerprint density at radius 1 is 1.41 bits per heavy atom. The first-order valence-electron chi connectivity index (χ1n) is 5.91. The van der Waals surface area contributed by atoms with E-state index in [0.717, 1.165) is 11.7 Å². The van der Waals surface area contributed by atoms with Gasteiger partial charge in [-0.25, -0.2) is 0 Å². The number of halogens is 1. The Bertz CT molecular complexity index is 353. The molecule has 1 fully saturated rings. The van der Waals surface area contributed by atoms with Crippen LogP contribution >= 0.6 is 39.5 Å². The van der Waals surface area contributed by atoms with E-state index < -0.39 is 0 Å². The summed E-state index contributed by atoms with van der Waals surface area (Å²) in [5.41, 5.74) is 1.41. The standard InChI is InChI=1S/C13H18BrNS2/c1-15-12(13-9-16-6-7-17-13)8-10-4-2-3-5-11(10)14/h2-5,12-13,15H,6-9H2,1H3. The number of hydrogen-bond acceptors (Lipinski definition) is 3. The number of benzene rings is 1. The van der Waals surface area contributed by atoms with Gasteiger partial charge in [-0.15, -0.1) is 0 Å². The summed E-state index contributed by atoms with van der Waals surface area (Å²) in [6, 6.07) is 9.12. The molecule has 1 nitrogen and oxygen atoms in total. The second-order valence-electron chi connectivity index (χ2n) is 4.17. The molecule has 1 saturated heterocycles. The molecule has 0 spiro atoms. The monoisotopic (exact) mass is 331 g/mol. The molecular formula is C13H18BrNS2. The van der Waals surface area contributed by atoms with Gasteiger partial charge in [-0.1, -0.05) is 34.1 Å². The summed E-state index contributed by atoms with van der Waals surface area (Å²) in [4.78, 5) is 0. The summed E-state index contributed by atoms with van der Waals surface area (Å²) in [5, 5.41) is 4.23. The van der Waals surface area contributed by atoms with Gasteiger partial charge in [0.1, 0.15) is 0 Å². The van der Waals surface area contributed by atoms with Crippen molar-refractivity contribution in [1.29, 1.82) is 0 Å². The quantitative estimate of drug-likeness (QED) is 0.907. The fraction of sp³-hybridized carbons (Fsp3) is 0.538. The predicted molar refractivity (Wildman–Crippen MR) is 84.3 cm³/mol. The van der Waals surface area contributed by atoms with Gasteiger partial charge in [-0.2, -0.15) is 23.5 Å². The van der Waals surface area contributed by atoms with Gasteiger partial charge >= 0.3 is 0 Å². The summed E-state index contributed by atoms with van der Waals surface area (Å²) >= 11 is 7.85. The van der Waals surface area contributed by atoms with Crippen molar-refractivity contribution in [3.8, 4) is 0 Å². The van der Waals surface area contributed by atoms with Crippen LogP contribution in [-0.2, 0) is 6.42 Å². The molecule has 0 amide bonds. The zero-order valence-corrected chi connectivity index (χ0v) is 13.2. The number of likely N-dealkylation sites (N-methyl/N-ethyl adjacent to an activating group) is 1. The average Bonchev–Trinajstić information content (AvgIpc) is 2.39. The number of nitrogens with one attached hydrogen (secondary N) is 1. The fourth-order valence-corrected chi connectivity index (χ4v) is 5.43. The van der Waals surface area contributed by atoms with Crippen LogP contribution in [0.15, 0.2) is 28.7 Å². The van der Waals surface area contributed by atoms with E-state index in [2.05, 4.69) is 76.1 Å². The zero-order valence-electron chi connectivity index (χ0n) is 9.99. The van der Waals surface area contributed by atoms with E-state index in [9.17, 15) is 0 Å². The van der Waals surface area contributed by atoms with Gasteiger partial charge in [-0.05, 0) is 25.1 Å². The van der Waals surface area contributed by atoms with E-state index in [-0.39, 0.29) is 0 Å². The molecule has 0 radical (unpaired) electrons. The van der Waals surface area contributed by atoms with Crippen molar-refractivity contribution in [3.63, 3.8) is 0 Å². The van der Waals surface area contributed by atoms with E-state index in [1.165, 1.54) is 27.3 Å². The molecule has 1 heterocycles. The Hall–Kier alpha value is 0.360. The van der Waals surface area contributed by atoms with Gasteiger partial charge in [0.05, 0.1) is 0 Å². The Morgan fingerprint density at radius 2 is 2.24 bits per heavy atom. The minimum Gasteiger partial charge on any atom is -0.316 e. The number of rotatable bonds is 4. The molecule has 0 aromatic heterocycles. The van der Waals surface area contributed by atoms with E-state index >= 15 is 0 Å². The second-order valence-corrected chi connectivity index (χ2v) is 7.53. The highest BCUT2D eigenvalue weighted by Crippen LogP contribution is 2.28. The van der Waals surface area contributed by atoms with Crippen LogP contribution < -0.4 is 5.32 Å². The van der Waals surface area contributed by atoms with Crippen LogP contribution in [-0.4, -0.2) is 35.6 Å². The van der Waals surface area contributed by atoms with Crippen LogP contribution in [0, 0.1) is 0 Å². The molecule has 0 aliphatic carbocycles. The topological polar surface area (TPSA) is 12.0 Å². The highest BCUT2D eigenvalue weighted by molar-refractivity contribution is 9.10. The summed E-state index contributed by atoms with van der Waals surface area (Å²) < 4.78 is 1.23. The van der Waals surface area contributed by atoms with Crippen molar-refractivity contribution in [2.45, 2.75) is 17.7 Å². The molecule has 1 N–H and O–H groups in total. The molecule has 2 atom stereocenters. The summed E-state index contributed by atoms with van der Waals surface area (Å²) in [7, 11) is 2.08. The highest BCUT2D eigenvalue weighted by atomic mass is 79.9. The van der Waals surface area contributed by atoms with E-state index in [0.29, 0.717) is 6.04 Å². The molecule has 2 rings (SSSR count). The van der Waals surface area contributed by atoms with Crippen LogP contribution in [0.4, 0.5) is 0 Å². The lowest BCUT2D eigenvalue weighted by molar-refractivity contribution is 0.556. The first-order valence-corrected chi connectivity index (χ1v) is 8.91. The first-order chi connectivity index (χ1) is 8.31. The zero-order chi connectivity index (χ0) is 12.1. The minimum absolute atomic E-state index is 0.575. The Labute approximate surface area is 121 Å².